The fourth-order valence-corrected chi connectivity index (χ4v) is 5.45. The maximum absolute atomic E-state index is 12.0. The van der Waals surface area contributed by atoms with Crippen LogP contribution in [0.15, 0.2) is 54.6 Å². The summed E-state index contributed by atoms with van der Waals surface area (Å²) in [6.07, 6.45) is 0.881. The van der Waals surface area contributed by atoms with E-state index in [2.05, 4.69) is 39.8 Å². The first-order chi connectivity index (χ1) is 17.1. The number of benzene rings is 2. The normalized spacial score (nSPS) is 17.7. The Labute approximate surface area is 204 Å². The molecule has 0 radical (unpaired) electrons. The SMILES string of the molecule is Cc1cc2c(C(N)=O)cccc2n1-c1nc2c(c(NCc3ccccc3)n1)C1CNCCN1CC2. The molecule has 35 heavy (non-hydrogen) atoms. The first-order valence-electron chi connectivity index (χ1n) is 12.1. The highest BCUT2D eigenvalue weighted by Crippen LogP contribution is 2.36. The van der Waals surface area contributed by atoms with E-state index in [1.54, 1.807) is 6.07 Å². The number of aryl methyl sites for hydroxylation is 1. The first kappa shape index (κ1) is 21.8. The van der Waals surface area contributed by atoms with E-state index in [1.807, 2.05) is 35.8 Å². The number of piperazine rings is 1. The number of nitrogens with one attached hydrogen (secondary N) is 2. The molecule has 0 bridgehead atoms. The number of nitrogens with two attached hydrogens (primary N) is 1. The van der Waals surface area contributed by atoms with Gasteiger partial charge in [-0.05, 0) is 30.7 Å². The average molecular weight is 468 g/mol. The number of aromatic nitrogens is 3. The van der Waals surface area contributed by atoms with Crippen LogP contribution in [0.4, 0.5) is 5.82 Å². The number of hydrogen-bond acceptors (Lipinski definition) is 6. The summed E-state index contributed by atoms with van der Waals surface area (Å²) in [5, 5.41) is 7.99. The molecule has 178 valence electrons. The summed E-state index contributed by atoms with van der Waals surface area (Å²) >= 11 is 0. The molecule has 4 heterocycles. The highest BCUT2D eigenvalue weighted by molar-refractivity contribution is 6.06. The van der Waals surface area contributed by atoms with Gasteiger partial charge in [0.05, 0.1) is 17.3 Å². The Hall–Kier alpha value is -3.75. The molecule has 2 aromatic carbocycles. The number of amides is 1. The van der Waals surface area contributed by atoms with Crippen LogP contribution in [0.2, 0.25) is 0 Å². The molecule has 1 amide bonds. The number of hydrogen-bond donors (Lipinski definition) is 3. The molecular weight excluding hydrogens is 438 g/mol. The largest absolute Gasteiger partial charge is 0.366 e. The molecule has 8 nitrogen and oxygen atoms in total. The van der Waals surface area contributed by atoms with E-state index in [-0.39, 0.29) is 6.04 Å². The molecule has 1 saturated heterocycles. The third kappa shape index (κ3) is 3.84. The van der Waals surface area contributed by atoms with Crippen LogP contribution in [-0.2, 0) is 13.0 Å². The molecule has 2 aliphatic rings. The van der Waals surface area contributed by atoms with Gasteiger partial charge in [0, 0.05) is 61.4 Å². The molecule has 0 spiro atoms. The summed E-state index contributed by atoms with van der Waals surface area (Å²) in [5.41, 5.74) is 11.5. The lowest BCUT2D eigenvalue weighted by Crippen LogP contribution is -2.49. The average Bonchev–Trinajstić information content (AvgIpc) is 3.23. The zero-order valence-electron chi connectivity index (χ0n) is 19.8. The number of anilines is 1. The van der Waals surface area contributed by atoms with Crippen molar-refractivity contribution in [2.24, 2.45) is 5.73 Å². The lowest BCUT2D eigenvalue weighted by molar-refractivity contribution is 0.100. The van der Waals surface area contributed by atoms with Gasteiger partial charge in [0.15, 0.2) is 0 Å². The maximum Gasteiger partial charge on any atom is 0.249 e. The molecular formula is C27H29N7O. The summed E-state index contributed by atoms with van der Waals surface area (Å²) in [6.45, 7) is 6.61. The Balaban J connectivity index is 1.49. The summed E-state index contributed by atoms with van der Waals surface area (Å²) < 4.78 is 2.03. The smallest absolute Gasteiger partial charge is 0.249 e. The van der Waals surface area contributed by atoms with Crippen molar-refractivity contribution < 1.29 is 4.79 Å². The first-order valence-corrected chi connectivity index (χ1v) is 12.1. The summed E-state index contributed by atoms with van der Waals surface area (Å²) in [4.78, 5) is 24.7. The number of nitrogens with zero attached hydrogens (tertiary/aromatic N) is 4. The molecule has 2 aliphatic heterocycles. The molecule has 0 saturated carbocycles. The zero-order chi connectivity index (χ0) is 23.9. The van der Waals surface area contributed by atoms with Crippen LogP contribution >= 0.6 is 0 Å². The highest BCUT2D eigenvalue weighted by Gasteiger charge is 2.34. The van der Waals surface area contributed by atoms with Crippen molar-refractivity contribution in [1.29, 1.82) is 0 Å². The molecule has 4 aromatic rings. The predicted octanol–water partition coefficient (Wildman–Crippen LogP) is 2.94. The Morgan fingerprint density at radius 1 is 1.14 bits per heavy atom. The van der Waals surface area contributed by atoms with Crippen molar-refractivity contribution in [3.8, 4) is 5.95 Å². The number of fused-ring (bicyclic) bond motifs is 4. The van der Waals surface area contributed by atoms with E-state index in [9.17, 15) is 4.79 Å². The van der Waals surface area contributed by atoms with Crippen LogP contribution in [0.25, 0.3) is 16.9 Å². The van der Waals surface area contributed by atoms with Gasteiger partial charge >= 0.3 is 0 Å². The second-order valence-corrected chi connectivity index (χ2v) is 9.30. The fraction of sp³-hybridized carbons (Fsp3) is 0.296. The van der Waals surface area contributed by atoms with E-state index in [0.717, 1.165) is 60.7 Å². The van der Waals surface area contributed by atoms with Crippen LogP contribution in [-0.4, -0.2) is 51.5 Å². The summed E-state index contributed by atoms with van der Waals surface area (Å²) in [6, 6.07) is 18.2. The molecule has 4 N–H and O–H groups in total. The molecule has 1 atom stereocenters. The summed E-state index contributed by atoms with van der Waals surface area (Å²) in [7, 11) is 0. The van der Waals surface area contributed by atoms with Gasteiger partial charge in [-0.2, -0.15) is 4.98 Å². The van der Waals surface area contributed by atoms with Crippen LogP contribution < -0.4 is 16.4 Å². The van der Waals surface area contributed by atoms with E-state index in [0.29, 0.717) is 18.1 Å². The highest BCUT2D eigenvalue weighted by atomic mass is 16.1. The minimum absolute atomic E-state index is 0.254. The zero-order valence-corrected chi connectivity index (χ0v) is 19.8. The van der Waals surface area contributed by atoms with Crippen molar-refractivity contribution in [2.75, 3.05) is 31.5 Å². The predicted molar refractivity (Wildman–Crippen MR) is 137 cm³/mol. The Morgan fingerprint density at radius 2 is 2.00 bits per heavy atom. The molecule has 1 fully saturated rings. The van der Waals surface area contributed by atoms with Gasteiger partial charge in [-0.1, -0.05) is 36.4 Å². The second kappa shape index (κ2) is 8.79. The van der Waals surface area contributed by atoms with Crippen molar-refractivity contribution in [3.63, 3.8) is 0 Å². The molecule has 8 heteroatoms. The van der Waals surface area contributed by atoms with Gasteiger partial charge in [0.2, 0.25) is 11.9 Å². The van der Waals surface area contributed by atoms with E-state index >= 15 is 0 Å². The third-order valence-corrected chi connectivity index (χ3v) is 7.13. The van der Waals surface area contributed by atoms with Gasteiger partial charge < -0.3 is 16.4 Å². The van der Waals surface area contributed by atoms with Gasteiger partial charge in [-0.15, -0.1) is 0 Å². The Bertz CT molecular complexity index is 1410. The van der Waals surface area contributed by atoms with Crippen molar-refractivity contribution >= 4 is 22.6 Å². The van der Waals surface area contributed by atoms with E-state index in [1.165, 1.54) is 11.1 Å². The van der Waals surface area contributed by atoms with Crippen LogP contribution in [0.5, 0.6) is 0 Å². The lowest BCUT2D eigenvalue weighted by atomic mass is 9.95. The van der Waals surface area contributed by atoms with Crippen LogP contribution in [0, 0.1) is 6.92 Å². The van der Waals surface area contributed by atoms with Crippen LogP contribution in [0.1, 0.15) is 38.9 Å². The molecule has 6 rings (SSSR count). The minimum Gasteiger partial charge on any atom is -0.366 e. The second-order valence-electron chi connectivity index (χ2n) is 9.30. The molecule has 0 aliphatic carbocycles. The minimum atomic E-state index is -0.436. The fourth-order valence-electron chi connectivity index (χ4n) is 5.45. The maximum atomic E-state index is 12.0. The van der Waals surface area contributed by atoms with Gasteiger partial charge in [-0.25, -0.2) is 4.98 Å². The number of carbonyl (C=O) groups excluding carboxylic acids is 1. The Kier molecular flexibility index (Phi) is 5.47. The number of carbonyl (C=O) groups is 1. The van der Waals surface area contributed by atoms with Gasteiger partial charge in [0.25, 0.3) is 0 Å². The van der Waals surface area contributed by atoms with Crippen LogP contribution in [0.3, 0.4) is 0 Å². The van der Waals surface area contributed by atoms with E-state index in [4.69, 9.17) is 15.7 Å². The van der Waals surface area contributed by atoms with Crippen molar-refractivity contribution in [2.45, 2.75) is 25.9 Å². The standard InChI is InChI=1S/C27H29N7O/c1-17-14-20-19(25(28)35)8-5-9-22(20)34(17)27-31-21-10-12-33-13-11-29-16-23(33)24(21)26(32-27)30-15-18-6-3-2-4-7-18/h2-9,14,23,29H,10-13,15-16H2,1H3,(H2,28,35)(H,30,31,32). The van der Waals surface area contributed by atoms with Gasteiger partial charge in [-0.3, -0.25) is 14.3 Å². The number of primary amides is 1. The van der Waals surface area contributed by atoms with Gasteiger partial charge in [0.1, 0.15) is 5.82 Å². The third-order valence-electron chi connectivity index (χ3n) is 7.13. The van der Waals surface area contributed by atoms with Crippen molar-refractivity contribution in [3.05, 3.63) is 82.7 Å². The number of rotatable bonds is 5. The summed E-state index contributed by atoms with van der Waals surface area (Å²) in [5.74, 6) is 1.06. The molecule has 2 aromatic heterocycles. The Morgan fingerprint density at radius 3 is 2.83 bits per heavy atom. The molecule has 1 unspecified atom stereocenters. The monoisotopic (exact) mass is 467 g/mol. The topological polar surface area (TPSA) is 101 Å². The lowest BCUT2D eigenvalue weighted by Gasteiger charge is -2.41. The van der Waals surface area contributed by atoms with E-state index < -0.39 is 5.91 Å². The van der Waals surface area contributed by atoms with Crippen molar-refractivity contribution in [1.82, 2.24) is 24.8 Å². The quantitative estimate of drug-likeness (QED) is 0.417.